The Morgan fingerprint density at radius 3 is 2.65 bits per heavy atom. The van der Waals surface area contributed by atoms with Crippen molar-refractivity contribution in [2.24, 2.45) is 0 Å². The van der Waals surface area contributed by atoms with E-state index in [1.165, 1.54) is 30.6 Å². The minimum atomic E-state index is -0.0933. The van der Waals surface area contributed by atoms with Gasteiger partial charge in [0.05, 0.1) is 6.10 Å². The van der Waals surface area contributed by atoms with E-state index in [0.29, 0.717) is 12.2 Å². The molecule has 0 atom stereocenters. The van der Waals surface area contributed by atoms with Gasteiger partial charge in [-0.3, -0.25) is 4.79 Å². The largest absolute Gasteiger partial charge is 0.491 e. The van der Waals surface area contributed by atoms with Crippen LogP contribution in [0, 0.1) is 0 Å². The quantitative estimate of drug-likeness (QED) is 0.802. The summed E-state index contributed by atoms with van der Waals surface area (Å²) < 4.78 is 5.66. The predicted molar refractivity (Wildman–Crippen MR) is 106 cm³/mol. The molecule has 1 aliphatic heterocycles. The molecule has 1 aromatic carbocycles. The van der Waals surface area contributed by atoms with Gasteiger partial charge in [0.15, 0.2) is 0 Å². The molecule has 140 valence electrons. The highest BCUT2D eigenvalue weighted by Gasteiger charge is 2.13. The number of aromatic nitrogens is 1. The van der Waals surface area contributed by atoms with Crippen LogP contribution in [0.25, 0.3) is 10.6 Å². The lowest BCUT2D eigenvalue weighted by Gasteiger charge is -2.26. The van der Waals surface area contributed by atoms with E-state index in [1.54, 1.807) is 0 Å². The van der Waals surface area contributed by atoms with Crippen molar-refractivity contribution in [2.75, 3.05) is 26.2 Å². The minimum Gasteiger partial charge on any atom is -0.491 e. The average Bonchev–Trinajstić information content (AvgIpc) is 3.13. The first-order valence-electron chi connectivity index (χ1n) is 9.35. The van der Waals surface area contributed by atoms with Crippen LogP contribution in [0.3, 0.4) is 0 Å². The third-order valence-corrected chi connectivity index (χ3v) is 5.26. The number of amides is 1. The van der Waals surface area contributed by atoms with E-state index < -0.39 is 0 Å². The molecular formula is C20H27N3O2S. The van der Waals surface area contributed by atoms with Gasteiger partial charge in [-0.2, -0.15) is 0 Å². The van der Waals surface area contributed by atoms with E-state index in [1.807, 2.05) is 43.5 Å². The Morgan fingerprint density at radius 1 is 1.23 bits per heavy atom. The van der Waals surface area contributed by atoms with Crippen molar-refractivity contribution in [2.45, 2.75) is 39.2 Å². The third-order valence-electron chi connectivity index (χ3n) is 4.37. The van der Waals surface area contributed by atoms with Crippen molar-refractivity contribution in [3.05, 3.63) is 35.3 Å². The molecule has 6 heteroatoms. The second-order valence-electron chi connectivity index (χ2n) is 6.89. The summed E-state index contributed by atoms with van der Waals surface area (Å²) in [6.45, 7) is 7.89. The number of hydrogen-bond donors (Lipinski definition) is 1. The van der Waals surface area contributed by atoms with Crippen molar-refractivity contribution < 1.29 is 9.53 Å². The van der Waals surface area contributed by atoms with Gasteiger partial charge in [0.2, 0.25) is 0 Å². The number of thiazole rings is 1. The number of likely N-dealkylation sites (tertiary alicyclic amines) is 1. The number of rotatable bonds is 7. The Morgan fingerprint density at radius 2 is 1.96 bits per heavy atom. The molecule has 5 nitrogen and oxygen atoms in total. The summed E-state index contributed by atoms with van der Waals surface area (Å²) >= 11 is 1.49. The zero-order valence-electron chi connectivity index (χ0n) is 15.5. The normalized spacial score (nSPS) is 15.2. The van der Waals surface area contributed by atoms with Gasteiger partial charge in [0, 0.05) is 24.0 Å². The van der Waals surface area contributed by atoms with E-state index in [9.17, 15) is 4.79 Å². The van der Waals surface area contributed by atoms with Crippen LogP contribution >= 0.6 is 11.3 Å². The molecule has 0 bridgehead atoms. The summed E-state index contributed by atoms with van der Waals surface area (Å²) in [6, 6.07) is 7.84. The number of hydrogen-bond acceptors (Lipinski definition) is 5. The number of nitrogens with zero attached hydrogens (tertiary/aromatic N) is 2. The lowest BCUT2D eigenvalue weighted by molar-refractivity contribution is 0.0942. The molecule has 0 radical (unpaired) electrons. The fraction of sp³-hybridized carbons (Fsp3) is 0.500. The number of piperidine rings is 1. The van der Waals surface area contributed by atoms with Crippen molar-refractivity contribution in [1.29, 1.82) is 0 Å². The summed E-state index contributed by atoms with van der Waals surface area (Å²) in [7, 11) is 0. The second-order valence-corrected chi connectivity index (χ2v) is 7.75. The molecule has 1 amide bonds. The second kappa shape index (κ2) is 9.14. The zero-order chi connectivity index (χ0) is 18.4. The summed E-state index contributed by atoms with van der Waals surface area (Å²) in [5, 5.41) is 5.66. The highest BCUT2D eigenvalue weighted by atomic mass is 32.1. The van der Waals surface area contributed by atoms with Crippen LogP contribution in [0.5, 0.6) is 5.75 Å². The van der Waals surface area contributed by atoms with Crippen LogP contribution < -0.4 is 10.1 Å². The van der Waals surface area contributed by atoms with E-state index in [-0.39, 0.29) is 12.0 Å². The molecule has 1 aliphatic rings. The van der Waals surface area contributed by atoms with E-state index in [4.69, 9.17) is 4.74 Å². The molecule has 1 fully saturated rings. The van der Waals surface area contributed by atoms with Gasteiger partial charge >= 0.3 is 0 Å². The lowest BCUT2D eigenvalue weighted by atomic mass is 10.1. The Bertz CT molecular complexity index is 706. The van der Waals surface area contributed by atoms with Crippen molar-refractivity contribution >= 4 is 17.2 Å². The van der Waals surface area contributed by atoms with Crippen molar-refractivity contribution in [1.82, 2.24) is 15.2 Å². The Labute approximate surface area is 159 Å². The number of nitrogens with one attached hydrogen (secondary N) is 1. The summed E-state index contributed by atoms with van der Waals surface area (Å²) in [5.41, 5.74) is 1.49. The molecule has 2 aromatic rings. The third kappa shape index (κ3) is 5.29. The predicted octanol–water partition coefficient (Wildman–Crippen LogP) is 3.81. The summed E-state index contributed by atoms with van der Waals surface area (Å²) in [5.74, 6) is 0.750. The van der Waals surface area contributed by atoms with Crippen LogP contribution in [0.4, 0.5) is 0 Å². The first-order valence-corrected chi connectivity index (χ1v) is 10.2. The molecule has 26 heavy (non-hydrogen) atoms. The summed E-state index contributed by atoms with van der Waals surface area (Å²) in [6.07, 6.45) is 4.02. The van der Waals surface area contributed by atoms with Gasteiger partial charge in [0.25, 0.3) is 5.91 Å². The van der Waals surface area contributed by atoms with Crippen LogP contribution in [-0.4, -0.2) is 48.1 Å². The van der Waals surface area contributed by atoms with E-state index >= 15 is 0 Å². The summed E-state index contributed by atoms with van der Waals surface area (Å²) in [4.78, 5) is 19.2. The Kier molecular flexibility index (Phi) is 6.63. The highest BCUT2D eigenvalue weighted by molar-refractivity contribution is 7.13. The number of carbonyl (C=O) groups is 1. The van der Waals surface area contributed by atoms with Crippen LogP contribution in [-0.2, 0) is 0 Å². The molecule has 0 spiro atoms. The maximum Gasteiger partial charge on any atom is 0.270 e. The van der Waals surface area contributed by atoms with Gasteiger partial charge in [-0.05, 0) is 64.0 Å². The molecule has 2 heterocycles. The van der Waals surface area contributed by atoms with E-state index in [2.05, 4.69) is 15.2 Å². The highest BCUT2D eigenvalue weighted by Crippen LogP contribution is 2.26. The molecule has 0 unspecified atom stereocenters. The van der Waals surface area contributed by atoms with Crippen molar-refractivity contribution in [3.8, 4) is 16.3 Å². The zero-order valence-corrected chi connectivity index (χ0v) is 16.3. The molecule has 1 aromatic heterocycles. The van der Waals surface area contributed by atoms with Crippen LogP contribution in [0.1, 0.15) is 43.6 Å². The van der Waals surface area contributed by atoms with E-state index in [0.717, 1.165) is 36.0 Å². The lowest BCUT2D eigenvalue weighted by Crippen LogP contribution is -2.37. The maximum atomic E-state index is 12.3. The number of carbonyl (C=O) groups excluding carboxylic acids is 1. The standard InChI is InChI=1S/C20H27N3O2S/c1-15(2)25-17-8-6-16(7-9-17)20-22-18(14-26-20)19(24)21-10-13-23-11-4-3-5-12-23/h6-9,14-15H,3-5,10-13H2,1-2H3,(H,21,24). The van der Waals surface area contributed by atoms with Gasteiger partial charge in [0.1, 0.15) is 16.5 Å². The number of ether oxygens (including phenoxy) is 1. The molecule has 1 saturated heterocycles. The van der Waals surface area contributed by atoms with Crippen LogP contribution in [0.15, 0.2) is 29.6 Å². The molecule has 0 saturated carbocycles. The van der Waals surface area contributed by atoms with Gasteiger partial charge in [-0.1, -0.05) is 6.42 Å². The smallest absolute Gasteiger partial charge is 0.270 e. The Balaban J connectivity index is 1.52. The fourth-order valence-electron chi connectivity index (χ4n) is 3.06. The monoisotopic (exact) mass is 373 g/mol. The van der Waals surface area contributed by atoms with Crippen molar-refractivity contribution in [3.63, 3.8) is 0 Å². The maximum absolute atomic E-state index is 12.3. The molecule has 1 N–H and O–H groups in total. The average molecular weight is 374 g/mol. The Hall–Kier alpha value is -1.92. The van der Waals surface area contributed by atoms with Crippen LogP contribution in [0.2, 0.25) is 0 Å². The first-order chi connectivity index (χ1) is 12.6. The topological polar surface area (TPSA) is 54.5 Å². The first kappa shape index (κ1) is 18.9. The number of benzene rings is 1. The van der Waals surface area contributed by atoms with Gasteiger partial charge in [-0.25, -0.2) is 4.98 Å². The molecular weight excluding hydrogens is 346 g/mol. The van der Waals surface area contributed by atoms with Gasteiger partial charge < -0.3 is 15.0 Å². The minimum absolute atomic E-state index is 0.0933. The molecule has 0 aliphatic carbocycles. The van der Waals surface area contributed by atoms with Gasteiger partial charge in [-0.15, -0.1) is 11.3 Å². The SMILES string of the molecule is CC(C)Oc1ccc(-c2nc(C(=O)NCCN3CCCCC3)cs2)cc1. The fourth-order valence-corrected chi connectivity index (χ4v) is 3.87. The molecule has 3 rings (SSSR count).